The molecule has 5 N–H and O–H groups in total. The van der Waals surface area contributed by atoms with Crippen LogP contribution in [0.5, 0.6) is 5.75 Å². The molecule has 2 aliphatic heterocycles. The Hall–Kier alpha value is -2.91. The maximum Gasteiger partial charge on any atom is 0.248 e. The van der Waals surface area contributed by atoms with E-state index in [1.165, 1.54) is 18.9 Å². The van der Waals surface area contributed by atoms with E-state index in [1.807, 2.05) is 6.92 Å². The van der Waals surface area contributed by atoms with Gasteiger partial charge in [-0.15, -0.1) is 0 Å². The molecule has 1 aromatic rings. The summed E-state index contributed by atoms with van der Waals surface area (Å²) in [5, 5.41) is 24.8. The molecular formula is C29H38FN3O5. The van der Waals surface area contributed by atoms with E-state index in [-0.39, 0.29) is 65.3 Å². The number of fused-ring (bicyclic) bond motifs is 3. The summed E-state index contributed by atoms with van der Waals surface area (Å²) in [7, 11) is 0. The highest BCUT2D eigenvalue weighted by atomic mass is 19.1. The number of aromatic hydroxyl groups is 1. The number of carbonyl (C=O) groups excluding carboxylic acids is 2. The lowest BCUT2D eigenvalue weighted by atomic mass is 9.66. The van der Waals surface area contributed by atoms with E-state index in [9.17, 15) is 19.8 Å². The highest BCUT2D eigenvalue weighted by molar-refractivity contribution is 6.14. The zero-order valence-electron chi connectivity index (χ0n) is 22.4. The minimum absolute atomic E-state index is 0.0249. The predicted octanol–water partition coefficient (Wildman–Crippen LogP) is 3.48. The molecule has 8 nitrogen and oxygen atoms in total. The first-order valence-corrected chi connectivity index (χ1v) is 13.7. The fourth-order valence-corrected chi connectivity index (χ4v) is 6.68. The number of allylic oxidation sites excluding steroid dienone is 2. The summed E-state index contributed by atoms with van der Waals surface area (Å²) >= 11 is 0. The number of nitrogens with one attached hydrogen (secondary N) is 1. The number of ether oxygens (including phenoxy) is 1. The van der Waals surface area contributed by atoms with E-state index >= 15 is 4.39 Å². The first-order chi connectivity index (χ1) is 18.0. The number of nitrogens with two attached hydrogens (primary N) is 1. The van der Waals surface area contributed by atoms with Crippen molar-refractivity contribution in [2.24, 2.45) is 23.5 Å². The summed E-state index contributed by atoms with van der Waals surface area (Å²) in [6.45, 7) is 9.51. The number of Topliss-reactive ketones (excluding diaryl/α,β-unsaturated/α-hetero) is 1. The van der Waals surface area contributed by atoms with E-state index in [0.717, 1.165) is 19.6 Å². The number of hydrogen-bond donors (Lipinski definition) is 4. The van der Waals surface area contributed by atoms with Crippen molar-refractivity contribution in [3.05, 3.63) is 51.2 Å². The first kappa shape index (κ1) is 26.7. The summed E-state index contributed by atoms with van der Waals surface area (Å²) in [6, 6.07) is 1.36. The molecular weight excluding hydrogens is 489 g/mol. The van der Waals surface area contributed by atoms with Gasteiger partial charge in [-0.3, -0.25) is 9.59 Å². The van der Waals surface area contributed by atoms with Crippen molar-refractivity contribution in [3.63, 3.8) is 0 Å². The summed E-state index contributed by atoms with van der Waals surface area (Å²) in [5.41, 5.74) is 6.04. The van der Waals surface area contributed by atoms with Gasteiger partial charge in [-0.1, -0.05) is 13.8 Å². The Kier molecular flexibility index (Phi) is 7.02. The van der Waals surface area contributed by atoms with Crippen molar-refractivity contribution >= 4 is 11.7 Å². The average molecular weight is 528 g/mol. The number of epoxide rings is 1. The number of nitrogens with zero attached hydrogens (tertiary/aromatic N) is 1. The van der Waals surface area contributed by atoms with Crippen LogP contribution in [-0.2, 0) is 22.5 Å². The minimum Gasteiger partial charge on any atom is -0.512 e. The molecule has 3 atom stereocenters. The van der Waals surface area contributed by atoms with Gasteiger partial charge in [0.05, 0.1) is 11.1 Å². The van der Waals surface area contributed by atoms with Crippen molar-refractivity contribution in [1.29, 1.82) is 0 Å². The fourth-order valence-electron chi connectivity index (χ4n) is 6.68. The second-order valence-electron chi connectivity index (χ2n) is 11.6. The van der Waals surface area contributed by atoms with E-state index in [0.29, 0.717) is 29.9 Å². The molecule has 1 unspecified atom stereocenters. The Labute approximate surface area is 222 Å². The van der Waals surface area contributed by atoms with Gasteiger partial charge in [0.25, 0.3) is 0 Å². The number of hydrogen-bond acceptors (Lipinski definition) is 7. The van der Waals surface area contributed by atoms with Crippen LogP contribution in [0.1, 0.15) is 67.9 Å². The van der Waals surface area contributed by atoms with Crippen LogP contribution >= 0.6 is 0 Å². The third-order valence-electron chi connectivity index (χ3n) is 8.77. The number of primary amides is 1. The quantitative estimate of drug-likeness (QED) is 0.168. The number of phenols is 1. The molecule has 0 radical (unpaired) electrons. The van der Waals surface area contributed by atoms with Gasteiger partial charge in [0.2, 0.25) is 5.91 Å². The van der Waals surface area contributed by atoms with E-state index < -0.39 is 23.1 Å². The van der Waals surface area contributed by atoms with Crippen molar-refractivity contribution < 1.29 is 28.9 Å². The summed E-state index contributed by atoms with van der Waals surface area (Å²) in [4.78, 5) is 27.8. The molecule has 2 fully saturated rings. The average Bonchev–Trinajstić information content (AvgIpc) is 3.27. The molecule has 38 heavy (non-hydrogen) atoms. The highest BCUT2D eigenvalue weighted by Crippen LogP contribution is 2.60. The molecule has 2 heterocycles. The van der Waals surface area contributed by atoms with Crippen LogP contribution in [0.3, 0.4) is 0 Å². The Morgan fingerprint density at radius 2 is 2.05 bits per heavy atom. The molecule has 206 valence electrons. The number of ketones is 1. The number of benzene rings is 1. The van der Waals surface area contributed by atoms with Gasteiger partial charge in [-0.05, 0) is 63.6 Å². The van der Waals surface area contributed by atoms with E-state index in [2.05, 4.69) is 10.2 Å². The van der Waals surface area contributed by atoms with Crippen molar-refractivity contribution in [3.8, 4) is 5.75 Å². The second kappa shape index (κ2) is 10.0. The minimum atomic E-state index is -0.750. The van der Waals surface area contributed by atoms with Crippen LogP contribution in [0.2, 0.25) is 0 Å². The van der Waals surface area contributed by atoms with E-state index in [4.69, 9.17) is 10.5 Å². The number of likely N-dealkylation sites (tertiary alicyclic amines) is 1. The number of aliphatic hydroxyl groups excluding tert-OH is 1. The smallest absolute Gasteiger partial charge is 0.248 e. The molecule has 5 rings (SSSR count). The Morgan fingerprint density at radius 1 is 1.34 bits per heavy atom. The predicted molar refractivity (Wildman–Crippen MR) is 140 cm³/mol. The number of rotatable bonds is 9. The zero-order chi connectivity index (χ0) is 27.4. The van der Waals surface area contributed by atoms with Crippen LogP contribution in [0.4, 0.5) is 4.39 Å². The molecule has 2 aliphatic carbocycles. The summed E-state index contributed by atoms with van der Waals surface area (Å²) in [5.74, 6) is -1.98. The topological polar surface area (TPSA) is 128 Å². The monoisotopic (exact) mass is 527 g/mol. The third kappa shape index (κ3) is 4.60. The fraction of sp³-hybridized carbons (Fsp3) is 0.586. The highest BCUT2D eigenvalue weighted by Gasteiger charge is 2.62. The maximum atomic E-state index is 15.7. The van der Waals surface area contributed by atoms with Crippen LogP contribution in [0.25, 0.3) is 0 Å². The molecule has 0 spiro atoms. The molecule has 0 bridgehead atoms. The lowest BCUT2D eigenvalue weighted by molar-refractivity contribution is -0.115. The van der Waals surface area contributed by atoms with Gasteiger partial charge in [0.1, 0.15) is 23.1 Å². The number of amides is 1. The number of halogens is 1. The van der Waals surface area contributed by atoms with Crippen LogP contribution < -0.4 is 11.1 Å². The SMILES string of the molecule is CC(C)/C(C(N)=O)=C(/O)C[C@@H]1CC2Cc3c(F)c(CNCCN4CCCC4)cc(O)c3C(=O)C2=C2O[C@]21C. The second-order valence-corrected chi connectivity index (χ2v) is 11.6. The van der Waals surface area contributed by atoms with Gasteiger partial charge in [-0.2, -0.15) is 0 Å². The maximum absolute atomic E-state index is 15.7. The molecule has 9 heteroatoms. The van der Waals surface area contributed by atoms with Crippen LogP contribution in [-0.4, -0.2) is 58.6 Å². The first-order valence-electron chi connectivity index (χ1n) is 13.7. The summed E-state index contributed by atoms with van der Waals surface area (Å²) < 4.78 is 21.7. The van der Waals surface area contributed by atoms with Gasteiger partial charge < -0.3 is 30.9 Å². The molecule has 1 aromatic carbocycles. The van der Waals surface area contributed by atoms with E-state index in [1.54, 1.807) is 13.8 Å². The lowest BCUT2D eigenvalue weighted by Gasteiger charge is -2.34. The van der Waals surface area contributed by atoms with Crippen LogP contribution in [0.15, 0.2) is 28.7 Å². The Balaban J connectivity index is 1.37. The molecule has 4 aliphatic rings. The van der Waals surface area contributed by atoms with Gasteiger partial charge in [-0.25, -0.2) is 4.39 Å². The van der Waals surface area contributed by atoms with Gasteiger partial charge in [0, 0.05) is 48.7 Å². The standard InChI is InChI=1S/C29H38FN3O5/c1-15(2)22(28(31)37)21(35)13-18-10-16-11-19-24(26(36)23(16)27-29(18,3)38-27)20(34)12-17(25(19)30)14-32-6-9-33-7-4-5-8-33/h12,15-16,18,32,34-35H,4-11,13-14H2,1-3H3,(H2,31,37)/b22-21-/t16?,18-,29-/m0/s1. The number of carbonyl (C=O) groups is 2. The molecule has 1 amide bonds. The Morgan fingerprint density at radius 3 is 2.71 bits per heavy atom. The molecule has 2 saturated heterocycles. The Bertz CT molecular complexity index is 1230. The van der Waals surface area contributed by atoms with Crippen molar-refractivity contribution in [2.45, 2.75) is 65.0 Å². The van der Waals surface area contributed by atoms with Gasteiger partial charge in [0.15, 0.2) is 11.4 Å². The normalized spacial score (nSPS) is 27.0. The largest absolute Gasteiger partial charge is 0.512 e. The number of aliphatic hydroxyl groups is 1. The number of phenolic OH excluding ortho intramolecular Hbond substituents is 1. The zero-order valence-corrected chi connectivity index (χ0v) is 22.4. The lowest BCUT2D eigenvalue weighted by Crippen LogP contribution is -2.35. The van der Waals surface area contributed by atoms with Crippen molar-refractivity contribution in [1.82, 2.24) is 10.2 Å². The molecule has 0 aromatic heterocycles. The molecule has 0 saturated carbocycles. The summed E-state index contributed by atoms with van der Waals surface area (Å²) in [6.07, 6.45) is 3.34. The van der Waals surface area contributed by atoms with Crippen molar-refractivity contribution in [2.75, 3.05) is 26.2 Å². The van der Waals surface area contributed by atoms with Crippen LogP contribution in [0, 0.1) is 23.6 Å². The third-order valence-corrected chi connectivity index (χ3v) is 8.77. The van der Waals surface area contributed by atoms with Gasteiger partial charge >= 0.3 is 0 Å².